The first-order valence-electron chi connectivity index (χ1n) is 9.05. The maximum atomic E-state index is 12.5. The van der Waals surface area contributed by atoms with Gasteiger partial charge in [-0.25, -0.2) is 4.99 Å². The van der Waals surface area contributed by atoms with E-state index in [-0.39, 0.29) is 12.3 Å². The van der Waals surface area contributed by atoms with Gasteiger partial charge in [-0.1, -0.05) is 12.1 Å². The smallest absolute Gasteiger partial charge is 0.422 e. The van der Waals surface area contributed by atoms with E-state index in [1.54, 1.807) is 23.7 Å². The van der Waals surface area contributed by atoms with E-state index >= 15 is 0 Å². The summed E-state index contributed by atoms with van der Waals surface area (Å²) in [6.45, 7) is 3.96. The third-order valence-corrected chi connectivity index (χ3v) is 3.83. The summed E-state index contributed by atoms with van der Waals surface area (Å²) in [6.07, 6.45) is 0.153. The van der Waals surface area contributed by atoms with Crippen LogP contribution in [0.1, 0.15) is 23.6 Å². The standard InChI is InChI=1S/C19H26F3N5O/c1-4-23-18(24-8-7-15-10-26-27(3)12-15)25-11-16-6-5-14(2)9-17(16)28-13-19(20,21)22/h5-6,9-10,12H,4,7-8,11,13H2,1-3H3,(H2,23,24,25). The van der Waals surface area contributed by atoms with Crippen molar-refractivity contribution in [3.8, 4) is 5.75 Å². The van der Waals surface area contributed by atoms with E-state index in [4.69, 9.17) is 4.74 Å². The van der Waals surface area contributed by atoms with Gasteiger partial charge in [0.2, 0.25) is 0 Å². The lowest BCUT2D eigenvalue weighted by atomic mass is 10.1. The average Bonchev–Trinajstić information content (AvgIpc) is 3.03. The highest BCUT2D eigenvalue weighted by Crippen LogP contribution is 2.24. The highest BCUT2D eigenvalue weighted by Gasteiger charge is 2.28. The largest absolute Gasteiger partial charge is 0.484 e. The quantitative estimate of drug-likeness (QED) is 0.531. The maximum Gasteiger partial charge on any atom is 0.422 e. The number of rotatable bonds is 8. The molecular formula is C19H26F3N5O. The molecule has 0 saturated carbocycles. The van der Waals surface area contributed by atoms with Crippen LogP contribution in [0.5, 0.6) is 5.75 Å². The number of hydrogen-bond donors (Lipinski definition) is 2. The lowest BCUT2D eigenvalue weighted by molar-refractivity contribution is -0.153. The summed E-state index contributed by atoms with van der Waals surface area (Å²) in [5.74, 6) is 0.793. The molecule has 154 valence electrons. The molecule has 1 heterocycles. The molecule has 0 amide bonds. The number of alkyl halides is 3. The zero-order chi connectivity index (χ0) is 20.6. The predicted molar refractivity (Wildman–Crippen MR) is 102 cm³/mol. The van der Waals surface area contributed by atoms with Gasteiger partial charge < -0.3 is 15.4 Å². The number of aliphatic imine (C=N–C) groups is 1. The summed E-state index contributed by atoms with van der Waals surface area (Å²) in [4.78, 5) is 4.47. The molecule has 0 atom stereocenters. The van der Waals surface area contributed by atoms with Crippen LogP contribution in [0.15, 0.2) is 35.6 Å². The highest BCUT2D eigenvalue weighted by molar-refractivity contribution is 5.79. The summed E-state index contributed by atoms with van der Waals surface area (Å²) in [5, 5.41) is 10.5. The van der Waals surface area contributed by atoms with Gasteiger partial charge >= 0.3 is 6.18 Å². The van der Waals surface area contributed by atoms with Gasteiger partial charge in [-0.3, -0.25) is 4.68 Å². The van der Waals surface area contributed by atoms with Crippen LogP contribution in [0.4, 0.5) is 13.2 Å². The lowest BCUT2D eigenvalue weighted by Crippen LogP contribution is -2.38. The van der Waals surface area contributed by atoms with Crippen molar-refractivity contribution in [1.29, 1.82) is 0 Å². The molecule has 0 radical (unpaired) electrons. The van der Waals surface area contributed by atoms with Gasteiger partial charge in [0.1, 0.15) is 5.75 Å². The van der Waals surface area contributed by atoms with Crippen molar-refractivity contribution >= 4 is 5.96 Å². The van der Waals surface area contributed by atoms with Crippen LogP contribution in [0.2, 0.25) is 0 Å². The molecule has 1 aromatic carbocycles. The van der Waals surface area contributed by atoms with Crippen molar-refractivity contribution in [2.75, 3.05) is 19.7 Å². The fraction of sp³-hybridized carbons (Fsp3) is 0.474. The topological polar surface area (TPSA) is 63.5 Å². The van der Waals surface area contributed by atoms with E-state index < -0.39 is 12.8 Å². The van der Waals surface area contributed by atoms with Crippen molar-refractivity contribution in [1.82, 2.24) is 20.4 Å². The molecule has 2 aromatic rings. The number of guanidine groups is 1. The molecule has 1 aromatic heterocycles. The SMILES string of the molecule is CCNC(=NCc1ccc(C)cc1OCC(F)(F)F)NCCc1cnn(C)c1. The second-order valence-electron chi connectivity index (χ2n) is 6.41. The van der Waals surface area contributed by atoms with Gasteiger partial charge in [0.15, 0.2) is 12.6 Å². The van der Waals surface area contributed by atoms with E-state index in [2.05, 4.69) is 20.7 Å². The molecule has 2 N–H and O–H groups in total. The zero-order valence-corrected chi connectivity index (χ0v) is 16.3. The summed E-state index contributed by atoms with van der Waals surface area (Å²) >= 11 is 0. The van der Waals surface area contributed by atoms with Crippen LogP contribution in [-0.4, -0.2) is 41.6 Å². The molecule has 0 saturated heterocycles. The number of ether oxygens (including phenoxy) is 1. The minimum absolute atomic E-state index is 0.201. The second-order valence-corrected chi connectivity index (χ2v) is 6.41. The second kappa shape index (κ2) is 10.0. The minimum Gasteiger partial charge on any atom is -0.484 e. The third kappa shape index (κ3) is 7.50. The van der Waals surface area contributed by atoms with Crippen molar-refractivity contribution in [2.24, 2.45) is 12.0 Å². The first-order valence-corrected chi connectivity index (χ1v) is 9.05. The minimum atomic E-state index is -4.38. The first kappa shape index (κ1) is 21.6. The number of nitrogens with one attached hydrogen (secondary N) is 2. The van der Waals surface area contributed by atoms with Gasteiger partial charge in [0, 0.05) is 31.9 Å². The Balaban J connectivity index is 2.00. The number of benzene rings is 1. The predicted octanol–water partition coefficient (Wildman–Crippen LogP) is 2.97. The fourth-order valence-electron chi connectivity index (χ4n) is 2.52. The van der Waals surface area contributed by atoms with Gasteiger partial charge in [-0.2, -0.15) is 18.3 Å². The van der Waals surface area contributed by atoms with Crippen LogP contribution in [0.25, 0.3) is 0 Å². The van der Waals surface area contributed by atoms with E-state index in [1.165, 1.54) is 0 Å². The molecule has 9 heteroatoms. The molecule has 0 aliphatic heterocycles. The molecule has 2 rings (SSSR count). The van der Waals surface area contributed by atoms with Crippen molar-refractivity contribution in [2.45, 2.75) is 33.0 Å². The summed E-state index contributed by atoms with van der Waals surface area (Å²) in [5.41, 5.74) is 2.53. The van der Waals surface area contributed by atoms with Gasteiger partial charge in [0.05, 0.1) is 12.7 Å². The van der Waals surface area contributed by atoms with Crippen LogP contribution in [0, 0.1) is 6.92 Å². The lowest BCUT2D eigenvalue weighted by Gasteiger charge is -2.14. The normalized spacial score (nSPS) is 12.1. The monoisotopic (exact) mass is 397 g/mol. The molecule has 0 spiro atoms. The molecule has 0 aliphatic rings. The third-order valence-electron chi connectivity index (χ3n) is 3.83. The van der Waals surface area contributed by atoms with Crippen molar-refractivity contribution in [3.63, 3.8) is 0 Å². The Morgan fingerprint density at radius 3 is 2.71 bits per heavy atom. The molecule has 0 fully saturated rings. The number of aryl methyl sites for hydroxylation is 2. The van der Waals surface area contributed by atoms with Crippen LogP contribution >= 0.6 is 0 Å². The summed E-state index contributed by atoms with van der Waals surface area (Å²) in [6, 6.07) is 5.16. The Hall–Kier alpha value is -2.71. The van der Waals surface area contributed by atoms with Crippen LogP contribution < -0.4 is 15.4 Å². The van der Waals surface area contributed by atoms with Crippen LogP contribution in [-0.2, 0) is 20.0 Å². The van der Waals surface area contributed by atoms with Gasteiger partial charge in [-0.15, -0.1) is 0 Å². The highest BCUT2D eigenvalue weighted by atomic mass is 19.4. The van der Waals surface area contributed by atoms with E-state index in [9.17, 15) is 13.2 Å². The average molecular weight is 397 g/mol. The molecule has 0 bridgehead atoms. The number of aromatic nitrogens is 2. The molecule has 0 unspecified atom stereocenters. The van der Waals surface area contributed by atoms with Crippen molar-refractivity contribution < 1.29 is 17.9 Å². The Labute approximate surface area is 162 Å². The maximum absolute atomic E-state index is 12.5. The summed E-state index contributed by atoms with van der Waals surface area (Å²) < 4.78 is 44.2. The van der Waals surface area contributed by atoms with Gasteiger partial charge in [0.25, 0.3) is 0 Å². The van der Waals surface area contributed by atoms with Crippen molar-refractivity contribution in [3.05, 3.63) is 47.3 Å². The Morgan fingerprint density at radius 1 is 1.29 bits per heavy atom. The number of halogens is 3. The Bertz CT molecular complexity index is 786. The number of nitrogens with zero attached hydrogens (tertiary/aromatic N) is 3. The molecule has 6 nitrogen and oxygen atoms in total. The molecular weight excluding hydrogens is 371 g/mol. The molecule has 28 heavy (non-hydrogen) atoms. The van der Waals surface area contributed by atoms with E-state index in [0.29, 0.717) is 24.6 Å². The van der Waals surface area contributed by atoms with Crippen LogP contribution in [0.3, 0.4) is 0 Å². The summed E-state index contributed by atoms with van der Waals surface area (Å²) in [7, 11) is 1.86. The van der Waals surface area contributed by atoms with E-state index in [0.717, 1.165) is 17.5 Å². The first-order chi connectivity index (χ1) is 13.3. The zero-order valence-electron chi connectivity index (χ0n) is 16.3. The number of hydrogen-bond acceptors (Lipinski definition) is 3. The fourth-order valence-corrected chi connectivity index (χ4v) is 2.52. The van der Waals surface area contributed by atoms with E-state index in [1.807, 2.05) is 32.4 Å². The van der Waals surface area contributed by atoms with Gasteiger partial charge in [-0.05, 0) is 37.5 Å². The Kier molecular flexibility index (Phi) is 7.71. The Morgan fingerprint density at radius 2 is 2.07 bits per heavy atom. The molecule has 0 aliphatic carbocycles.